The zero-order valence-electron chi connectivity index (χ0n) is 11.3. The molecule has 1 aromatic carbocycles. The van der Waals surface area contributed by atoms with E-state index in [1.807, 2.05) is 0 Å². The largest absolute Gasteiger partial charge is 0.358 e. The van der Waals surface area contributed by atoms with E-state index in [4.69, 9.17) is 0 Å². The molecule has 1 N–H and O–H groups in total. The van der Waals surface area contributed by atoms with Crippen molar-refractivity contribution in [1.29, 1.82) is 0 Å². The molecule has 17 heavy (non-hydrogen) atoms. The molecule has 0 radical (unpaired) electrons. The first-order valence-electron chi connectivity index (χ1n) is 6.30. The third kappa shape index (κ3) is 2.70. The molecule has 0 unspecified atom stereocenters. The maximum absolute atomic E-state index is 3.55. The topological polar surface area (TPSA) is 19.0 Å². The summed E-state index contributed by atoms with van der Waals surface area (Å²) in [6.07, 6.45) is 2.34. The predicted molar refractivity (Wildman–Crippen MR) is 74.6 cm³/mol. The van der Waals surface area contributed by atoms with Gasteiger partial charge in [0.05, 0.1) is 0 Å². The molecular formula is C15H22N2. The van der Waals surface area contributed by atoms with Crippen LogP contribution in [0.2, 0.25) is 0 Å². The molecule has 0 bridgehead atoms. The number of hydrogen-bond donors (Lipinski definition) is 1. The number of benzene rings is 1. The van der Waals surface area contributed by atoms with Gasteiger partial charge >= 0.3 is 0 Å². The van der Waals surface area contributed by atoms with Gasteiger partial charge in [0, 0.05) is 16.6 Å². The lowest BCUT2D eigenvalue weighted by Gasteiger charge is -2.08. The maximum atomic E-state index is 3.55. The minimum atomic E-state index is 1.14. The van der Waals surface area contributed by atoms with Crippen molar-refractivity contribution in [2.45, 2.75) is 26.7 Å². The Labute approximate surface area is 104 Å². The molecule has 0 amide bonds. The number of aromatic nitrogens is 1. The van der Waals surface area contributed by atoms with E-state index in [9.17, 15) is 0 Å². The van der Waals surface area contributed by atoms with Crippen LogP contribution in [0.15, 0.2) is 18.2 Å². The van der Waals surface area contributed by atoms with Gasteiger partial charge in [-0.3, -0.25) is 0 Å². The molecule has 0 spiro atoms. The first-order valence-corrected chi connectivity index (χ1v) is 6.30. The van der Waals surface area contributed by atoms with Crippen molar-refractivity contribution in [2.75, 3.05) is 20.6 Å². The lowest BCUT2D eigenvalue weighted by molar-refractivity contribution is 0.399. The predicted octanol–water partition coefficient (Wildman–Crippen LogP) is 3.28. The second-order valence-corrected chi connectivity index (χ2v) is 5.18. The molecule has 0 saturated heterocycles. The molecule has 2 aromatic rings. The van der Waals surface area contributed by atoms with Crippen LogP contribution in [-0.4, -0.2) is 30.5 Å². The Balaban J connectivity index is 2.20. The molecule has 1 aromatic heterocycles. The van der Waals surface area contributed by atoms with Crippen LogP contribution in [-0.2, 0) is 6.42 Å². The summed E-state index contributed by atoms with van der Waals surface area (Å²) in [5, 5.41) is 1.38. The number of fused-ring (bicyclic) bond motifs is 1. The van der Waals surface area contributed by atoms with Crippen LogP contribution >= 0.6 is 0 Å². The number of hydrogen-bond acceptors (Lipinski definition) is 1. The zero-order chi connectivity index (χ0) is 12.4. The summed E-state index contributed by atoms with van der Waals surface area (Å²) < 4.78 is 0. The molecule has 2 nitrogen and oxygen atoms in total. The van der Waals surface area contributed by atoms with Crippen LogP contribution in [0, 0.1) is 13.8 Å². The fourth-order valence-corrected chi connectivity index (χ4v) is 2.32. The Morgan fingerprint density at radius 2 is 1.94 bits per heavy atom. The normalized spacial score (nSPS) is 11.6. The Kier molecular flexibility index (Phi) is 3.53. The smallest absolute Gasteiger partial charge is 0.0459 e. The minimum absolute atomic E-state index is 1.14. The highest BCUT2D eigenvalue weighted by Crippen LogP contribution is 2.23. The van der Waals surface area contributed by atoms with E-state index in [0.717, 1.165) is 13.0 Å². The van der Waals surface area contributed by atoms with Crippen molar-refractivity contribution < 1.29 is 0 Å². The number of nitrogens with zero attached hydrogens (tertiary/aromatic N) is 1. The Bertz CT molecular complexity index is 509. The van der Waals surface area contributed by atoms with Gasteiger partial charge in [0.25, 0.3) is 0 Å². The molecule has 0 saturated carbocycles. The summed E-state index contributed by atoms with van der Waals surface area (Å²) in [6.45, 7) is 5.52. The van der Waals surface area contributed by atoms with Gasteiger partial charge in [-0.1, -0.05) is 11.6 Å². The fourth-order valence-electron chi connectivity index (χ4n) is 2.32. The van der Waals surface area contributed by atoms with Gasteiger partial charge in [-0.25, -0.2) is 0 Å². The number of rotatable bonds is 4. The second kappa shape index (κ2) is 4.92. The van der Waals surface area contributed by atoms with Gasteiger partial charge < -0.3 is 9.88 Å². The van der Waals surface area contributed by atoms with Crippen molar-refractivity contribution in [2.24, 2.45) is 0 Å². The maximum Gasteiger partial charge on any atom is 0.0459 e. The molecule has 2 heteroatoms. The van der Waals surface area contributed by atoms with Gasteiger partial charge in [0.2, 0.25) is 0 Å². The van der Waals surface area contributed by atoms with Crippen LogP contribution in [0.25, 0.3) is 10.9 Å². The van der Waals surface area contributed by atoms with Crippen molar-refractivity contribution in [3.8, 4) is 0 Å². The van der Waals surface area contributed by atoms with E-state index in [1.54, 1.807) is 0 Å². The summed E-state index contributed by atoms with van der Waals surface area (Å²) in [5.41, 5.74) is 5.42. The lowest BCUT2D eigenvalue weighted by atomic mass is 10.1. The number of aryl methyl sites for hydroxylation is 3. The van der Waals surface area contributed by atoms with Gasteiger partial charge in [0.15, 0.2) is 0 Å². The van der Waals surface area contributed by atoms with E-state index in [0.29, 0.717) is 0 Å². The SMILES string of the molecule is Cc1ccc2[nH]c(CCCN(C)C)c(C)c2c1. The first kappa shape index (κ1) is 12.2. The molecule has 1 heterocycles. The third-order valence-electron chi connectivity index (χ3n) is 3.35. The molecule has 0 aliphatic rings. The highest BCUT2D eigenvalue weighted by atomic mass is 15.0. The standard InChI is InChI=1S/C15H22N2/c1-11-7-8-15-13(10-11)12(2)14(16-15)6-5-9-17(3)4/h7-8,10,16H,5-6,9H2,1-4H3. The van der Waals surface area contributed by atoms with E-state index < -0.39 is 0 Å². The molecule has 0 fully saturated rings. The molecule has 92 valence electrons. The molecule has 0 aliphatic carbocycles. The van der Waals surface area contributed by atoms with Crippen LogP contribution in [0.5, 0.6) is 0 Å². The summed E-state index contributed by atoms with van der Waals surface area (Å²) in [4.78, 5) is 5.78. The summed E-state index contributed by atoms with van der Waals surface area (Å²) in [6, 6.07) is 6.63. The highest BCUT2D eigenvalue weighted by Gasteiger charge is 2.07. The molecule has 2 rings (SSSR count). The summed E-state index contributed by atoms with van der Waals surface area (Å²) in [5.74, 6) is 0. The molecule has 0 atom stereocenters. The van der Waals surface area contributed by atoms with Crippen molar-refractivity contribution in [1.82, 2.24) is 9.88 Å². The van der Waals surface area contributed by atoms with Gasteiger partial charge in [0.1, 0.15) is 0 Å². The van der Waals surface area contributed by atoms with Gasteiger partial charge in [-0.15, -0.1) is 0 Å². The van der Waals surface area contributed by atoms with Crippen LogP contribution in [0.4, 0.5) is 0 Å². The van der Waals surface area contributed by atoms with E-state index in [1.165, 1.54) is 34.1 Å². The van der Waals surface area contributed by atoms with E-state index in [2.05, 4.69) is 56.0 Å². The van der Waals surface area contributed by atoms with Crippen LogP contribution in [0.3, 0.4) is 0 Å². The average Bonchev–Trinajstić information content (AvgIpc) is 2.56. The quantitative estimate of drug-likeness (QED) is 0.854. The van der Waals surface area contributed by atoms with Crippen molar-refractivity contribution in [3.63, 3.8) is 0 Å². The lowest BCUT2D eigenvalue weighted by Crippen LogP contribution is -2.13. The van der Waals surface area contributed by atoms with Crippen LogP contribution < -0.4 is 0 Å². The molecular weight excluding hydrogens is 208 g/mol. The second-order valence-electron chi connectivity index (χ2n) is 5.18. The number of nitrogens with one attached hydrogen (secondary N) is 1. The van der Waals surface area contributed by atoms with Crippen molar-refractivity contribution in [3.05, 3.63) is 35.0 Å². The summed E-state index contributed by atoms with van der Waals surface area (Å²) >= 11 is 0. The first-order chi connectivity index (χ1) is 8.08. The summed E-state index contributed by atoms with van der Waals surface area (Å²) in [7, 11) is 4.25. The minimum Gasteiger partial charge on any atom is -0.358 e. The van der Waals surface area contributed by atoms with Crippen molar-refractivity contribution >= 4 is 10.9 Å². The Morgan fingerprint density at radius 3 is 2.65 bits per heavy atom. The van der Waals surface area contributed by atoms with Gasteiger partial charge in [-0.2, -0.15) is 0 Å². The van der Waals surface area contributed by atoms with E-state index >= 15 is 0 Å². The monoisotopic (exact) mass is 230 g/mol. The number of aromatic amines is 1. The Morgan fingerprint density at radius 1 is 1.18 bits per heavy atom. The van der Waals surface area contributed by atoms with Gasteiger partial charge in [-0.05, 0) is 65.0 Å². The van der Waals surface area contributed by atoms with Crippen LogP contribution in [0.1, 0.15) is 23.2 Å². The third-order valence-corrected chi connectivity index (χ3v) is 3.35. The number of H-pyrrole nitrogens is 1. The zero-order valence-corrected chi connectivity index (χ0v) is 11.3. The molecule has 0 aliphatic heterocycles. The average molecular weight is 230 g/mol. The Hall–Kier alpha value is -1.28. The fraction of sp³-hybridized carbons (Fsp3) is 0.467. The highest BCUT2D eigenvalue weighted by molar-refractivity contribution is 5.85. The van der Waals surface area contributed by atoms with E-state index in [-0.39, 0.29) is 0 Å².